The number of benzene rings is 1. The number of imide groups is 1. The van der Waals surface area contributed by atoms with Crippen molar-refractivity contribution < 1.29 is 32.2 Å². The Bertz CT molecular complexity index is 716. The van der Waals surface area contributed by atoms with Crippen molar-refractivity contribution in [2.45, 2.75) is 30.6 Å². The molecule has 4 heterocycles. The number of alkyl halides is 3. The van der Waals surface area contributed by atoms with Gasteiger partial charge in [-0.3, -0.25) is 9.59 Å². The number of hydrogen-bond acceptors (Lipinski definition) is 4. The molecule has 2 unspecified atom stereocenters. The molecule has 1 aromatic rings. The number of ether oxygens (including phenoxy) is 2. The Balaban J connectivity index is 1.53. The van der Waals surface area contributed by atoms with Crippen LogP contribution in [-0.2, 0) is 25.2 Å². The number of amides is 2. The number of hydrogen-bond donors (Lipinski definition) is 0. The van der Waals surface area contributed by atoms with Gasteiger partial charge in [-0.2, -0.15) is 13.2 Å². The molecule has 4 aliphatic rings. The monoisotopic (exact) mass is 325 g/mol. The third kappa shape index (κ3) is 1.60. The van der Waals surface area contributed by atoms with Crippen LogP contribution in [0.25, 0.3) is 0 Å². The molecule has 2 amide bonds. The third-order valence-corrected chi connectivity index (χ3v) is 5.06. The molecule has 0 N–H and O–H groups in total. The summed E-state index contributed by atoms with van der Waals surface area (Å²) in [6, 6.07) is 4.27. The van der Waals surface area contributed by atoms with Crippen LogP contribution in [0.15, 0.2) is 24.3 Å². The summed E-state index contributed by atoms with van der Waals surface area (Å²) in [5.74, 6) is -2.29. The van der Waals surface area contributed by atoms with Crippen LogP contribution in [0, 0.1) is 11.8 Å². The van der Waals surface area contributed by atoms with Crippen molar-refractivity contribution in [2.24, 2.45) is 11.8 Å². The molecule has 4 saturated heterocycles. The Morgan fingerprint density at radius 3 is 2.04 bits per heavy atom. The van der Waals surface area contributed by atoms with E-state index < -0.39 is 47.6 Å². The van der Waals surface area contributed by atoms with Gasteiger partial charge in [-0.25, -0.2) is 4.90 Å². The average molecular weight is 325 g/mol. The van der Waals surface area contributed by atoms with Gasteiger partial charge in [0.05, 0.1) is 35.3 Å². The van der Waals surface area contributed by atoms with Crippen LogP contribution in [0.3, 0.4) is 0 Å². The number of fused-ring (bicyclic) bond motifs is 8. The van der Waals surface area contributed by atoms with Crippen LogP contribution in [0.1, 0.15) is 5.56 Å². The Kier molecular flexibility index (Phi) is 2.31. The van der Waals surface area contributed by atoms with E-state index in [0.717, 1.165) is 17.0 Å². The first kappa shape index (κ1) is 13.5. The van der Waals surface area contributed by atoms with E-state index in [4.69, 9.17) is 9.47 Å². The zero-order valence-electron chi connectivity index (χ0n) is 11.5. The molecule has 6 atom stereocenters. The Hall–Kier alpha value is -1.93. The summed E-state index contributed by atoms with van der Waals surface area (Å²) < 4.78 is 49.6. The molecule has 5 rings (SSSR count). The SMILES string of the molecule is O=C1[C@@H]2C3OC([C@H]4O[C@@H]34)[C@@H]2C(=O)N1c1cccc(C(F)(F)F)c1. The maximum Gasteiger partial charge on any atom is 0.416 e. The lowest BCUT2D eigenvalue weighted by atomic mass is 9.81. The van der Waals surface area contributed by atoms with Crippen LogP contribution in [-0.4, -0.2) is 36.2 Å². The molecule has 23 heavy (non-hydrogen) atoms. The van der Waals surface area contributed by atoms with Gasteiger partial charge in [0, 0.05) is 0 Å². The summed E-state index contributed by atoms with van der Waals surface area (Å²) in [6.07, 6.45) is -5.75. The first-order valence-electron chi connectivity index (χ1n) is 7.24. The Morgan fingerprint density at radius 2 is 1.48 bits per heavy atom. The lowest BCUT2D eigenvalue weighted by Crippen LogP contribution is -2.35. The highest BCUT2D eigenvalue weighted by molar-refractivity contribution is 6.23. The smallest absolute Gasteiger partial charge is 0.368 e. The van der Waals surface area contributed by atoms with Crippen LogP contribution >= 0.6 is 0 Å². The molecule has 0 aromatic heterocycles. The Labute approximate surface area is 127 Å². The van der Waals surface area contributed by atoms with E-state index in [-0.39, 0.29) is 17.9 Å². The fourth-order valence-corrected chi connectivity index (χ4v) is 4.06. The first-order chi connectivity index (χ1) is 10.9. The van der Waals surface area contributed by atoms with E-state index in [9.17, 15) is 22.8 Å². The van der Waals surface area contributed by atoms with Crippen molar-refractivity contribution in [1.29, 1.82) is 0 Å². The van der Waals surface area contributed by atoms with Crippen molar-refractivity contribution in [3.63, 3.8) is 0 Å². The second kappa shape index (κ2) is 3.93. The average Bonchev–Trinajstić information content (AvgIpc) is 3.01. The molecule has 0 radical (unpaired) electrons. The van der Waals surface area contributed by atoms with Gasteiger partial charge in [-0.15, -0.1) is 0 Å². The second-order valence-electron chi connectivity index (χ2n) is 6.24. The molecule has 0 saturated carbocycles. The van der Waals surface area contributed by atoms with Gasteiger partial charge < -0.3 is 9.47 Å². The van der Waals surface area contributed by atoms with E-state index >= 15 is 0 Å². The van der Waals surface area contributed by atoms with Crippen molar-refractivity contribution in [3.8, 4) is 0 Å². The standard InChI is InChI=1S/C15H10F3NO4/c16-15(17,18)5-2-1-3-6(4-5)19-13(20)7-8(14(19)21)10-12-11(23-12)9(7)22-10/h1-4,7-12H/t7-,8+,9?,10?,11-,12+. The van der Waals surface area contributed by atoms with Gasteiger partial charge in [0.15, 0.2) is 0 Å². The van der Waals surface area contributed by atoms with Gasteiger partial charge in [-0.1, -0.05) is 6.07 Å². The number of epoxide rings is 1. The van der Waals surface area contributed by atoms with Crippen LogP contribution < -0.4 is 4.90 Å². The molecule has 4 aliphatic heterocycles. The van der Waals surface area contributed by atoms with Crippen LogP contribution in [0.4, 0.5) is 18.9 Å². The molecule has 5 nitrogen and oxygen atoms in total. The van der Waals surface area contributed by atoms with Crippen molar-refractivity contribution in [1.82, 2.24) is 0 Å². The van der Waals surface area contributed by atoms with Gasteiger partial charge in [-0.05, 0) is 18.2 Å². The highest BCUT2D eigenvalue weighted by Crippen LogP contribution is 2.57. The van der Waals surface area contributed by atoms with Gasteiger partial charge in [0.1, 0.15) is 12.2 Å². The maximum absolute atomic E-state index is 12.8. The van der Waals surface area contributed by atoms with Crippen molar-refractivity contribution in [2.75, 3.05) is 4.90 Å². The predicted octanol–water partition coefficient (Wildman–Crippen LogP) is 1.36. The summed E-state index contributed by atoms with van der Waals surface area (Å²) in [5, 5.41) is 0. The molecular weight excluding hydrogens is 315 g/mol. The van der Waals surface area contributed by atoms with E-state index in [1.807, 2.05) is 0 Å². The molecule has 8 heteroatoms. The zero-order valence-corrected chi connectivity index (χ0v) is 11.5. The number of carbonyl (C=O) groups excluding carboxylic acids is 2. The highest BCUT2D eigenvalue weighted by atomic mass is 19.4. The molecular formula is C15H10F3NO4. The minimum absolute atomic E-state index is 0.0433. The fourth-order valence-electron chi connectivity index (χ4n) is 4.06. The zero-order chi connectivity index (χ0) is 16.1. The molecule has 120 valence electrons. The van der Waals surface area contributed by atoms with E-state index in [1.54, 1.807) is 0 Å². The molecule has 2 bridgehead atoms. The summed E-state index contributed by atoms with van der Waals surface area (Å²) in [4.78, 5) is 26.1. The third-order valence-electron chi connectivity index (χ3n) is 5.06. The van der Waals surface area contributed by atoms with Crippen LogP contribution in [0.2, 0.25) is 0 Å². The molecule has 0 spiro atoms. The van der Waals surface area contributed by atoms with Crippen molar-refractivity contribution in [3.05, 3.63) is 29.8 Å². The minimum atomic E-state index is -4.53. The van der Waals surface area contributed by atoms with Gasteiger partial charge >= 0.3 is 6.18 Å². The summed E-state index contributed by atoms with van der Waals surface area (Å²) in [6.45, 7) is 0. The lowest BCUT2D eigenvalue weighted by molar-refractivity contribution is -0.137. The number of halogens is 3. The molecule has 4 fully saturated rings. The number of nitrogens with zero attached hydrogens (tertiary/aromatic N) is 1. The van der Waals surface area contributed by atoms with E-state index in [0.29, 0.717) is 0 Å². The quantitative estimate of drug-likeness (QED) is 0.578. The van der Waals surface area contributed by atoms with Crippen LogP contribution in [0.5, 0.6) is 0 Å². The Morgan fingerprint density at radius 1 is 0.913 bits per heavy atom. The van der Waals surface area contributed by atoms with Gasteiger partial charge in [0.2, 0.25) is 11.8 Å². The number of carbonyl (C=O) groups is 2. The maximum atomic E-state index is 12.8. The minimum Gasteiger partial charge on any atom is -0.368 e. The summed E-state index contributed by atoms with van der Waals surface area (Å²) in [7, 11) is 0. The molecule has 0 aliphatic carbocycles. The number of rotatable bonds is 1. The fraction of sp³-hybridized carbons (Fsp3) is 0.467. The normalized spacial score (nSPS) is 40.6. The van der Waals surface area contributed by atoms with Crippen molar-refractivity contribution >= 4 is 17.5 Å². The van der Waals surface area contributed by atoms with Gasteiger partial charge in [0.25, 0.3) is 0 Å². The predicted molar refractivity (Wildman–Crippen MR) is 68.2 cm³/mol. The summed E-state index contributed by atoms with van der Waals surface area (Å²) in [5.41, 5.74) is -0.934. The molecule has 1 aromatic carbocycles. The second-order valence-corrected chi connectivity index (χ2v) is 6.24. The van der Waals surface area contributed by atoms with E-state index in [1.165, 1.54) is 12.1 Å². The van der Waals surface area contributed by atoms with E-state index in [2.05, 4.69) is 0 Å². The lowest BCUT2D eigenvalue weighted by Gasteiger charge is -2.19. The summed E-state index contributed by atoms with van der Waals surface area (Å²) >= 11 is 0. The first-order valence-corrected chi connectivity index (χ1v) is 7.24. The topological polar surface area (TPSA) is 59.1 Å². The highest BCUT2D eigenvalue weighted by Gasteiger charge is 2.75. The number of anilines is 1. The largest absolute Gasteiger partial charge is 0.416 e.